The number of rotatable bonds is 4. The van der Waals surface area contributed by atoms with E-state index in [9.17, 15) is 14.4 Å². The fraction of sp³-hybridized carbons (Fsp3) is 0.227. The van der Waals surface area contributed by atoms with Crippen molar-refractivity contribution in [2.24, 2.45) is 0 Å². The van der Waals surface area contributed by atoms with Crippen molar-refractivity contribution in [1.29, 1.82) is 0 Å². The topological polar surface area (TPSA) is 77.4 Å². The van der Waals surface area contributed by atoms with E-state index in [0.29, 0.717) is 23.2 Å². The maximum atomic E-state index is 13.0. The van der Waals surface area contributed by atoms with Crippen molar-refractivity contribution >= 4 is 44.4 Å². The molecule has 2 heterocycles. The third-order valence-electron chi connectivity index (χ3n) is 5.06. The van der Waals surface area contributed by atoms with Crippen LogP contribution in [0.25, 0.3) is 10.9 Å². The molecule has 29 heavy (non-hydrogen) atoms. The molecule has 0 fully saturated rings. The molecule has 6 nitrogen and oxygen atoms in total. The van der Waals surface area contributed by atoms with Gasteiger partial charge < -0.3 is 14.6 Å². The zero-order valence-corrected chi connectivity index (χ0v) is 17.6. The molecule has 3 aromatic rings. The summed E-state index contributed by atoms with van der Waals surface area (Å²) < 4.78 is 7.77. The Kier molecular flexibility index (Phi) is 5.00. The summed E-state index contributed by atoms with van der Waals surface area (Å²) in [5, 5.41) is 3.28. The monoisotopic (exact) mass is 454 g/mol. The molecule has 1 atom stereocenters. The van der Waals surface area contributed by atoms with E-state index in [0.717, 1.165) is 22.0 Å². The number of benzene rings is 2. The first kappa shape index (κ1) is 19.4. The van der Waals surface area contributed by atoms with Crippen LogP contribution in [0.4, 0.5) is 5.69 Å². The summed E-state index contributed by atoms with van der Waals surface area (Å²) in [6.07, 6.45) is 2.46. The highest BCUT2D eigenvalue weighted by molar-refractivity contribution is 9.10. The second-order valence-corrected chi connectivity index (χ2v) is 7.96. The number of carbonyl (C=O) groups excluding carboxylic acids is 2. The number of nitrogens with zero attached hydrogens (tertiary/aromatic N) is 1. The van der Waals surface area contributed by atoms with Gasteiger partial charge in [0.05, 0.1) is 17.7 Å². The lowest BCUT2D eigenvalue weighted by Crippen LogP contribution is -2.23. The predicted octanol–water partition coefficient (Wildman–Crippen LogP) is 4.31. The maximum absolute atomic E-state index is 13.0. The summed E-state index contributed by atoms with van der Waals surface area (Å²) in [6.45, 7) is 4.09. The summed E-state index contributed by atoms with van der Waals surface area (Å²) in [4.78, 5) is 37.6. The first-order valence-corrected chi connectivity index (χ1v) is 10.1. The molecular formula is C22H19BrN2O4. The van der Waals surface area contributed by atoms with Crippen molar-refractivity contribution in [3.05, 3.63) is 74.0 Å². The van der Waals surface area contributed by atoms with Crippen LogP contribution in [-0.2, 0) is 11.2 Å². The minimum atomic E-state index is -0.481. The molecule has 1 aliphatic rings. The number of anilines is 1. The van der Waals surface area contributed by atoms with E-state index in [1.54, 1.807) is 43.5 Å². The summed E-state index contributed by atoms with van der Waals surface area (Å²) in [5.41, 5.74) is 2.67. The molecule has 0 aliphatic carbocycles. The first-order valence-electron chi connectivity index (χ1n) is 9.35. The van der Waals surface area contributed by atoms with Crippen molar-refractivity contribution in [1.82, 2.24) is 4.57 Å². The minimum absolute atomic E-state index is 0.0877. The van der Waals surface area contributed by atoms with Crippen LogP contribution in [0.5, 0.6) is 0 Å². The number of hydrogen-bond donors (Lipinski definition) is 1. The van der Waals surface area contributed by atoms with E-state index >= 15 is 0 Å². The van der Waals surface area contributed by atoms with Gasteiger partial charge in [-0.15, -0.1) is 0 Å². The average Bonchev–Trinajstić information content (AvgIpc) is 3.00. The van der Waals surface area contributed by atoms with Crippen molar-refractivity contribution in [2.75, 3.05) is 11.9 Å². The number of aromatic nitrogens is 1. The van der Waals surface area contributed by atoms with E-state index in [1.165, 1.54) is 0 Å². The molecule has 0 spiro atoms. The molecular weight excluding hydrogens is 436 g/mol. The van der Waals surface area contributed by atoms with Gasteiger partial charge in [0.15, 0.2) is 0 Å². The van der Waals surface area contributed by atoms with Gasteiger partial charge in [0.2, 0.25) is 5.43 Å². The molecule has 1 amide bonds. The van der Waals surface area contributed by atoms with Crippen LogP contribution in [0, 0.1) is 0 Å². The standard InChI is InChI=1S/C22H19BrN2O4/c1-3-29-22(28)13-4-6-16(7-5-13)24-21(27)18-11-25-12(2)8-14-9-15(23)10-17(19(14)25)20(18)26/h4-7,9-12H,3,8H2,1-2H3,(H,24,27)/t12-/m1/s1. The van der Waals surface area contributed by atoms with Crippen LogP contribution >= 0.6 is 15.9 Å². The van der Waals surface area contributed by atoms with Crippen LogP contribution in [0.2, 0.25) is 0 Å². The SMILES string of the molecule is CCOC(=O)c1ccc(NC(=O)c2cn3c4c(cc(Br)cc4c2=O)C[C@H]3C)cc1. The molecule has 7 heteroatoms. The number of pyridine rings is 1. The maximum Gasteiger partial charge on any atom is 0.338 e. The van der Waals surface area contributed by atoms with Crippen LogP contribution in [0.3, 0.4) is 0 Å². The lowest BCUT2D eigenvalue weighted by Gasteiger charge is -2.13. The average molecular weight is 455 g/mol. The fourth-order valence-corrected chi connectivity index (χ4v) is 4.23. The van der Waals surface area contributed by atoms with Crippen molar-refractivity contribution in [3.63, 3.8) is 0 Å². The summed E-state index contributed by atoms with van der Waals surface area (Å²) in [7, 11) is 0. The third-order valence-corrected chi connectivity index (χ3v) is 5.52. The van der Waals surface area contributed by atoms with Crippen LogP contribution < -0.4 is 10.7 Å². The molecule has 1 aliphatic heterocycles. The normalized spacial score (nSPS) is 14.8. The molecule has 0 bridgehead atoms. The molecule has 0 radical (unpaired) electrons. The summed E-state index contributed by atoms with van der Waals surface area (Å²) in [6, 6.07) is 10.3. The number of esters is 1. The molecule has 0 unspecified atom stereocenters. The number of amides is 1. The van der Waals surface area contributed by atoms with E-state index in [4.69, 9.17) is 4.74 Å². The van der Waals surface area contributed by atoms with Crippen molar-refractivity contribution in [3.8, 4) is 0 Å². The largest absolute Gasteiger partial charge is 0.462 e. The Morgan fingerprint density at radius 3 is 2.66 bits per heavy atom. The van der Waals surface area contributed by atoms with Gasteiger partial charge in [-0.1, -0.05) is 15.9 Å². The Morgan fingerprint density at radius 2 is 1.97 bits per heavy atom. The minimum Gasteiger partial charge on any atom is -0.462 e. The third kappa shape index (κ3) is 3.46. The number of hydrogen-bond acceptors (Lipinski definition) is 4. The highest BCUT2D eigenvalue weighted by Crippen LogP contribution is 2.33. The second kappa shape index (κ2) is 7.48. The molecule has 148 valence electrons. The Hall–Kier alpha value is -2.93. The highest BCUT2D eigenvalue weighted by Gasteiger charge is 2.25. The summed E-state index contributed by atoms with van der Waals surface area (Å²) >= 11 is 3.46. The van der Waals surface area contributed by atoms with Gasteiger partial charge in [-0.3, -0.25) is 9.59 Å². The van der Waals surface area contributed by atoms with Gasteiger partial charge in [-0.25, -0.2) is 4.79 Å². The van der Waals surface area contributed by atoms with E-state index < -0.39 is 11.9 Å². The van der Waals surface area contributed by atoms with Gasteiger partial charge in [0.25, 0.3) is 5.91 Å². The molecule has 0 saturated carbocycles. The predicted molar refractivity (Wildman–Crippen MR) is 115 cm³/mol. The highest BCUT2D eigenvalue weighted by atomic mass is 79.9. The van der Waals surface area contributed by atoms with Gasteiger partial charge in [0, 0.05) is 27.8 Å². The van der Waals surface area contributed by atoms with Gasteiger partial charge in [0.1, 0.15) is 5.56 Å². The van der Waals surface area contributed by atoms with Gasteiger partial charge in [-0.2, -0.15) is 0 Å². The smallest absolute Gasteiger partial charge is 0.338 e. The van der Waals surface area contributed by atoms with E-state index in [2.05, 4.69) is 28.2 Å². The quantitative estimate of drug-likeness (QED) is 0.595. The van der Waals surface area contributed by atoms with Gasteiger partial charge in [-0.05, 0) is 62.2 Å². The zero-order valence-electron chi connectivity index (χ0n) is 16.0. The molecule has 4 rings (SSSR count). The number of ether oxygens (including phenoxy) is 1. The molecule has 0 saturated heterocycles. The first-order chi connectivity index (χ1) is 13.9. The zero-order chi connectivity index (χ0) is 20.7. The molecule has 1 N–H and O–H groups in total. The van der Waals surface area contributed by atoms with E-state index in [1.807, 2.05) is 10.6 Å². The number of nitrogens with one attached hydrogen (secondary N) is 1. The molecule has 1 aromatic heterocycles. The van der Waals surface area contributed by atoms with Crippen LogP contribution in [0.15, 0.2) is 51.9 Å². The lowest BCUT2D eigenvalue weighted by atomic mass is 10.1. The summed E-state index contributed by atoms with van der Waals surface area (Å²) in [5.74, 6) is -0.901. The number of halogens is 1. The van der Waals surface area contributed by atoms with Gasteiger partial charge >= 0.3 is 5.97 Å². The Morgan fingerprint density at radius 1 is 1.24 bits per heavy atom. The Labute approximate surface area is 175 Å². The van der Waals surface area contributed by atoms with Crippen molar-refractivity contribution in [2.45, 2.75) is 26.3 Å². The fourth-order valence-electron chi connectivity index (χ4n) is 3.73. The Balaban J connectivity index is 1.67. The second-order valence-electron chi connectivity index (χ2n) is 7.05. The Bertz CT molecular complexity index is 1200. The number of carbonyl (C=O) groups is 2. The molecule has 2 aromatic carbocycles. The van der Waals surface area contributed by atoms with Crippen molar-refractivity contribution < 1.29 is 14.3 Å². The lowest BCUT2D eigenvalue weighted by molar-refractivity contribution is 0.0526. The van der Waals surface area contributed by atoms with E-state index in [-0.39, 0.29) is 17.0 Å². The van der Waals surface area contributed by atoms with Crippen LogP contribution in [0.1, 0.15) is 46.2 Å². The van der Waals surface area contributed by atoms with Crippen LogP contribution in [-0.4, -0.2) is 23.1 Å².